The first-order valence-electron chi connectivity index (χ1n) is 11.8. The Labute approximate surface area is 206 Å². The summed E-state index contributed by atoms with van der Waals surface area (Å²) in [5, 5.41) is 47.5. The molecule has 36 heavy (non-hydrogen) atoms. The second-order valence-electron chi connectivity index (χ2n) is 9.86. The van der Waals surface area contributed by atoms with Crippen molar-refractivity contribution < 1.29 is 39.2 Å². The fourth-order valence-corrected chi connectivity index (χ4v) is 5.85. The van der Waals surface area contributed by atoms with Crippen molar-refractivity contribution >= 4 is 23.2 Å². The Morgan fingerprint density at radius 2 is 1.94 bits per heavy atom. The number of nitrogens with two attached hydrogens (primary N) is 1. The maximum absolute atomic E-state index is 15.2. The van der Waals surface area contributed by atoms with Crippen molar-refractivity contribution in [3.8, 4) is 5.75 Å². The monoisotopic (exact) mass is 503 g/mol. The Balaban J connectivity index is 1.91. The van der Waals surface area contributed by atoms with E-state index in [9.17, 15) is 34.8 Å². The number of amides is 1. The summed E-state index contributed by atoms with van der Waals surface area (Å²) in [6.45, 7) is 2.67. The van der Waals surface area contributed by atoms with E-state index in [1.165, 1.54) is 25.1 Å². The SMILES string of the molecule is CCCNCc1cc(F)c2c(c1O)C(O)=C1C(=O)[C@]3(O)C(O)=C(C(N)=O)C(=O)[C@@H](N(C)C)[C@@H]3C[C@@H]1C2. The van der Waals surface area contributed by atoms with Crippen molar-refractivity contribution in [2.75, 3.05) is 20.6 Å². The third kappa shape index (κ3) is 3.53. The molecule has 1 aromatic carbocycles. The van der Waals surface area contributed by atoms with Crippen molar-refractivity contribution in [2.24, 2.45) is 17.6 Å². The third-order valence-electron chi connectivity index (χ3n) is 7.49. The van der Waals surface area contributed by atoms with Crippen LogP contribution in [0.2, 0.25) is 0 Å². The molecule has 11 heteroatoms. The molecule has 4 rings (SSSR count). The van der Waals surface area contributed by atoms with Gasteiger partial charge in [-0.25, -0.2) is 4.39 Å². The summed E-state index contributed by atoms with van der Waals surface area (Å²) in [4.78, 5) is 40.2. The normalized spacial score (nSPS) is 27.8. The zero-order chi connectivity index (χ0) is 26.7. The number of likely N-dealkylation sites (N-methyl/N-ethyl adjacent to an activating group) is 1. The molecule has 0 spiro atoms. The lowest BCUT2D eigenvalue weighted by Crippen LogP contribution is -2.65. The number of phenols is 1. The van der Waals surface area contributed by atoms with E-state index in [0.717, 1.165) is 6.42 Å². The molecule has 0 aliphatic heterocycles. The van der Waals surface area contributed by atoms with E-state index in [4.69, 9.17) is 5.73 Å². The Kier molecular flexibility index (Phi) is 6.44. The maximum Gasteiger partial charge on any atom is 0.255 e. The molecule has 3 aliphatic rings. The van der Waals surface area contributed by atoms with E-state index in [1.807, 2.05) is 6.92 Å². The highest BCUT2D eigenvalue weighted by Gasteiger charge is 2.64. The van der Waals surface area contributed by atoms with Crippen LogP contribution in [-0.2, 0) is 27.3 Å². The van der Waals surface area contributed by atoms with Crippen LogP contribution >= 0.6 is 0 Å². The molecule has 1 amide bonds. The molecule has 0 heterocycles. The average Bonchev–Trinajstić information content (AvgIpc) is 2.79. The molecule has 194 valence electrons. The van der Waals surface area contributed by atoms with Crippen molar-refractivity contribution in [3.63, 3.8) is 0 Å². The van der Waals surface area contributed by atoms with Crippen LogP contribution in [0.15, 0.2) is 23.0 Å². The molecule has 1 aromatic rings. The molecule has 0 unspecified atom stereocenters. The lowest BCUT2D eigenvalue weighted by atomic mass is 9.57. The van der Waals surface area contributed by atoms with Gasteiger partial charge in [0.1, 0.15) is 28.7 Å². The van der Waals surface area contributed by atoms with Gasteiger partial charge in [0.2, 0.25) is 5.78 Å². The molecule has 10 nitrogen and oxygen atoms in total. The Hall–Kier alpha value is -3.28. The molecular formula is C25H30FN3O7. The summed E-state index contributed by atoms with van der Waals surface area (Å²) in [5.74, 6) is -8.23. The van der Waals surface area contributed by atoms with Gasteiger partial charge in [-0.05, 0) is 51.9 Å². The molecule has 0 aromatic heterocycles. The van der Waals surface area contributed by atoms with E-state index in [1.54, 1.807) is 0 Å². The van der Waals surface area contributed by atoms with Crippen LogP contribution < -0.4 is 11.1 Å². The van der Waals surface area contributed by atoms with Gasteiger partial charge in [0.25, 0.3) is 5.91 Å². The number of aliphatic hydroxyl groups is 3. The molecule has 0 bridgehead atoms. The van der Waals surface area contributed by atoms with Crippen LogP contribution in [0.3, 0.4) is 0 Å². The predicted molar refractivity (Wildman–Crippen MR) is 126 cm³/mol. The van der Waals surface area contributed by atoms with Gasteiger partial charge in [-0.2, -0.15) is 0 Å². The number of hydrogen-bond donors (Lipinski definition) is 6. The minimum Gasteiger partial charge on any atom is -0.508 e. The fourth-order valence-electron chi connectivity index (χ4n) is 5.85. The number of primary amides is 1. The van der Waals surface area contributed by atoms with E-state index in [0.29, 0.717) is 6.54 Å². The highest BCUT2D eigenvalue weighted by Crippen LogP contribution is 2.53. The molecule has 7 N–H and O–H groups in total. The van der Waals surface area contributed by atoms with E-state index in [2.05, 4.69) is 5.32 Å². The number of aromatic hydroxyl groups is 1. The quantitative estimate of drug-likeness (QED) is 0.240. The highest BCUT2D eigenvalue weighted by molar-refractivity contribution is 6.24. The Morgan fingerprint density at radius 3 is 2.53 bits per heavy atom. The van der Waals surface area contributed by atoms with Gasteiger partial charge in [-0.1, -0.05) is 6.92 Å². The highest BCUT2D eigenvalue weighted by atomic mass is 19.1. The van der Waals surface area contributed by atoms with E-state index >= 15 is 4.39 Å². The van der Waals surface area contributed by atoms with Crippen molar-refractivity contribution in [2.45, 2.75) is 44.4 Å². The zero-order valence-corrected chi connectivity index (χ0v) is 20.3. The standard InChI is InChI=1S/C25H30FN3O7/c1-4-5-28-9-11-8-14(26)12-6-10-7-13-18(29(2)3)21(32)17(24(27)35)23(34)25(13,36)22(33)15(10)20(31)16(12)19(11)30/h8,10,13,18,28,30-31,34,36H,4-7,9H2,1-3H3,(H2,27,35)/t10-,13-,18-,25-/m0/s1. The predicted octanol–water partition coefficient (Wildman–Crippen LogP) is 0.603. The van der Waals surface area contributed by atoms with Crippen LogP contribution in [0.1, 0.15) is 36.5 Å². The van der Waals surface area contributed by atoms with Gasteiger partial charge >= 0.3 is 0 Å². The molecule has 0 saturated heterocycles. The smallest absolute Gasteiger partial charge is 0.255 e. The number of hydrogen-bond acceptors (Lipinski definition) is 9. The average molecular weight is 504 g/mol. The number of carbonyl (C=O) groups is 3. The van der Waals surface area contributed by atoms with Gasteiger partial charge in [-0.15, -0.1) is 0 Å². The number of Topliss-reactive ketones (excluding diaryl/α,β-unsaturated/α-hetero) is 2. The largest absolute Gasteiger partial charge is 0.508 e. The number of halogens is 1. The molecule has 4 atom stereocenters. The first kappa shape index (κ1) is 25.8. The fraction of sp³-hybridized carbons (Fsp3) is 0.480. The Bertz CT molecular complexity index is 1240. The number of nitrogens with one attached hydrogen (secondary N) is 1. The van der Waals surface area contributed by atoms with Gasteiger partial charge < -0.3 is 31.5 Å². The van der Waals surface area contributed by atoms with Crippen LogP contribution in [0.5, 0.6) is 5.75 Å². The second-order valence-corrected chi connectivity index (χ2v) is 9.86. The maximum atomic E-state index is 15.2. The number of rotatable bonds is 6. The second kappa shape index (κ2) is 8.99. The molecule has 1 fully saturated rings. The Morgan fingerprint density at radius 1 is 1.28 bits per heavy atom. The number of nitrogens with zero attached hydrogens (tertiary/aromatic N) is 1. The zero-order valence-electron chi connectivity index (χ0n) is 20.3. The summed E-state index contributed by atoms with van der Waals surface area (Å²) in [7, 11) is 3.03. The lowest BCUT2D eigenvalue weighted by Gasteiger charge is -2.50. The number of ketones is 2. The summed E-state index contributed by atoms with van der Waals surface area (Å²) in [6, 6.07) is -0.0102. The third-order valence-corrected chi connectivity index (χ3v) is 7.49. The van der Waals surface area contributed by atoms with Crippen LogP contribution in [0.25, 0.3) is 5.76 Å². The van der Waals surface area contributed by atoms with E-state index < -0.39 is 69.6 Å². The minimum absolute atomic E-state index is 0.0114. The summed E-state index contributed by atoms with van der Waals surface area (Å²) >= 11 is 0. The topological polar surface area (TPSA) is 173 Å². The number of phenolic OH excluding ortho intramolecular Hbond substituents is 1. The van der Waals surface area contributed by atoms with Gasteiger partial charge in [-0.3, -0.25) is 19.3 Å². The molecule has 0 radical (unpaired) electrons. The first-order chi connectivity index (χ1) is 16.9. The number of aliphatic hydroxyl groups excluding tert-OH is 2. The van der Waals surface area contributed by atoms with Gasteiger partial charge in [0.15, 0.2) is 11.4 Å². The number of fused-ring (bicyclic) bond motifs is 3. The minimum atomic E-state index is -2.72. The van der Waals surface area contributed by atoms with Crippen molar-refractivity contribution in [1.29, 1.82) is 0 Å². The summed E-state index contributed by atoms with van der Waals surface area (Å²) in [5.41, 5.74) is 1.33. The van der Waals surface area contributed by atoms with Crippen molar-refractivity contribution in [1.82, 2.24) is 10.2 Å². The van der Waals surface area contributed by atoms with Crippen LogP contribution in [0, 0.1) is 17.7 Å². The number of carbonyl (C=O) groups excluding carboxylic acids is 3. The number of benzene rings is 1. The first-order valence-corrected chi connectivity index (χ1v) is 11.8. The van der Waals surface area contributed by atoms with Crippen LogP contribution in [0.4, 0.5) is 4.39 Å². The van der Waals surface area contributed by atoms with Gasteiger partial charge in [0, 0.05) is 29.2 Å². The van der Waals surface area contributed by atoms with E-state index in [-0.39, 0.29) is 41.6 Å². The lowest BCUT2D eigenvalue weighted by molar-refractivity contribution is -0.153. The summed E-state index contributed by atoms with van der Waals surface area (Å²) < 4.78 is 15.2. The molecule has 1 saturated carbocycles. The summed E-state index contributed by atoms with van der Waals surface area (Å²) in [6.07, 6.45) is 0.628. The molecule has 3 aliphatic carbocycles. The molecular weight excluding hydrogens is 473 g/mol. The van der Waals surface area contributed by atoms with Gasteiger partial charge in [0.05, 0.1) is 11.6 Å². The van der Waals surface area contributed by atoms with Crippen molar-refractivity contribution in [3.05, 3.63) is 45.5 Å². The van der Waals surface area contributed by atoms with Crippen LogP contribution in [-0.4, -0.2) is 75.1 Å².